The van der Waals surface area contributed by atoms with E-state index >= 15 is 0 Å². The van der Waals surface area contributed by atoms with E-state index in [1.54, 1.807) is 23.4 Å². The normalized spacial score (nSPS) is 16.6. The Morgan fingerprint density at radius 1 is 1.15 bits per heavy atom. The first kappa shape index (κ1) is 14.9. The summed E-state index contributed by atoms with van der Waals surface area (Å²) in [6, 6.07) is 5.75. The topological polar surface area (TPSA) is 92.1 Å². The zero-order chi connectivity index (χ0) is 17.5. The lowest BCUT2D eigenvalue weighted by molar-refractivity contribution is 0.417. The molecule has 0 spiro atoms. The molecule has 5 rings (SSSR count). The minimum Gasteiger partial charge on any atom is -0.274 e. The molecule has 0 fully saturated rings. The molecule has 9 heteroatoms. The summed E-state index contributed by atoms with van der Waals surface area (Å²) in [5.41, 5.74) is 1.65. The van der Waals surface area contributed by atoms with Crippen LogP contribution in [0.5, 0.6) is 0 Å². The monoisotopic (exact) mass is 347 g/mol. The van der Waals surface area contributed by atoms with Crippen molar-refractivity contribution >= 4 is 0 Å². The van der Waals surface area contributed by atoms with Crippen molar-refractivity contribution in [2.75, 3.05) is 0 Å². The number of hydrogen-bond acceptors (Lipinski definition) is 6. The number of hydrogen-bond donors (Lipinski definition) is 0. The van der Waals surface area contributed by atoms with Crippen molar-refractivity contribution in [3.8, 4) is 17.2 Å². The van der Waals surface area contributed by atoms with Crippen LogP contribution in [0.1, 0.15) is 24.0 Å². The van der Waals surface area contributed by atoms with Gasteiger partial charge in [0.15, 0.2) is 5.82 Å². The summed E-state index contributed by atoms with van der Waals surface area (Å²) in [5.74, 6) is 2.74. The molecular weight excluding hydrogens is 330 g/mol. The fraction of sp³-hybridized carbons (Fsp3) is 0.294. The Morgan fingerprint density at radius 2 is 2.12 bits per heavy atom. The lowest BCUT2D eigenvalue weighted by Gasteiger charge is -2.21. The molecule has 0 bridgehead atoms. The summed E-state index contributed by atoms with van der Waals surface area (Å²) in [4.78, 5) is 13.6. The Morgan fingerprint density at radius 3 is 2.92 bits per heavy atom. The van der Waals surface area contributed by atoms with Crippen LogP contribution in [0.3, 0.4) is 0 Å². The van der Waals surface area contributed by atoms with Crippen LogP contribution < -0.4 is 0 Å². The van der Waals surface area contributed by atoms with Gasteiger partial charge in [0.25, 0.3) is 0 Å². The number of pyridine rings is 1. The summed E-state index contributed by atoms with van der Waals surface area (Å²) in [7, 11) is 1.89. The SMILES string of the molecule is Cn1cc(-n2nc(-c3ccccn3)nc2C2CCn3ncnc3C2)cn1. The van der Waals surface area contributed by atoms with Crippen LogP contribution in [0.25, 0.3) is 17.2 Å². The third-order valence-electron chi connectivity index (χ3n) is 4.64. The summed E-state index contributed by atoms with van der Waals surface area (Å²) < 4.78 is 5.60. The maximum Gasteiger partial charge on any atom is 0.200 e. The molecule has 1 atom stereocenters. The van der Waals surface area contributed by atoms with Crippen molar-refractivity contribution in [2.24, 2.45) is 7.05 Å². The van der Waals surface area contributed by atoms with Crippen LogP contribution in [-0.4, -0.2) is 44.3 Å². The minimum atomic E-state index is 0.219. The van der Waals surface area contributed by atoms with Crippen molar-refractivity contribution in [3.63, 3.8) is 0 Å². The third-order valence-corrected chi connectivity index (χ3v) is 4.64. The van der Waals surface area contributed by atoms with Crippen molar-refractivity contribution in [1.29, 1.82) is 0 Å². The van der Waals surface area contributed by atoms with Gasteiger partial charge in [-0.15, -0.1) is 5.10 Å². The Hall–Kier alpha value is -3.36. The summed E-state index contributed by atoms with van der Waals surface area (Å²) >= 11 is 0. The predicted molar refractivity (Wildman–Crippen MR) is 92.4 cm³/mol. The van der Waals surface area contributed by atoms with Gasteiger partial charge in [-0.25, -0.2) is 14.6 Å². The van der Waals surface area contributed by atoms with Crippen LogP contribution in [-0.2, 0) is 20.0 Å². The second-order valence-electron chi connectivity index (χ2n) is 6.38. The van der Waals surface area contributed by atoms with Crippen LogP contribution in [0.4, 0.5) is 0 Å². The average Bonchev–Trinajstić information content (AvgIpc) is 3.40. The van der Waals surface area contributed by atoms with Gasteiger partial charge >= 0.3 is 0 Å². The fourth-order valence-corrected chi connectivity index (χ4v) is 3.35. The van der Waals surface area contributed by atoms with Gasteiger partial charge in [0.2, 0.25) is 0 Å². The standard InChI is InChI=1S/C17H17N9/c1-24-10-13(9-20-24)26-17(12-5-7-25-15(8-12)19-11-21-25)22-16(23-26)14-4-2-3-6-18-14/h2-4,6,9-12H,5,7-8H2,1H3. The van der Waals surface area contributed by atoms with E-state index in [4.69, 9.17) is 10.1 Å². The number of rotatable bonds is 3. The zero-order valence-corrected chi connectivity index (χ0v) is 14.3. The summed E-state index contributed by atoms with van der Waals surface area (Å²) in [6.07, 6.45) is 8.83. The maximum absolute atomic E-state index is 4.84. The number of fused-ring (bicyclic) bond motifs is 1. The van der Waals surface area contributed by atoms with Gasteiger partial charge in [0.05, 0.1) is 12.4 Å². The highest BCUT2D eigenvalue weighted by atomic mass is 15.4. The predicted octanol–water partition coefficient (Wildman–Crippen LogP) is 1.38. The smallest absolute Gasteiger partial charge is 0.200 e. The van der Waals surface area contributed by atoms with Crippen LogP contribution >= 0.6 is 0 Å². The molecule has 0 saturated carbocycles. The van der Waals surface area contributed by atoms with Crippen molar-refractivity contribution < 1.29 is 0 Å². The van der Waals surface area contributed by atoms with Gasteiger partial charge in [-0.05, 0) is 18.6 Å². The Balaban J connectivity index is 1.60. The Kier molecular flexibility index (Phi) is 3.37. The van der Waals surface area contributed by atoms with E-state index in [0.29, 0.717) is 5.82 Å². The Labute approximate surface area is 149 Å². The molecule has 4 aromatic rings. The number of aromatic nitrogens is 9. The second kappa shape index (κ2) is 5.87. The van der Waals surface area contributed by atoms with Crippen molar-refractivity contribution in [2.45, 2.75) is 25.3 Å². The van der Waals surface area contributed by atoms with Crippen molar-refractivity contribution in [1.82, 2.24) is 44.3 Å². The van der Waals surface area contributed by atoms with Gasteiger partial charge in [0.1, 0.15) is 29.4 Å². The van der Waals surface area contributed by atoms with E-state index < -0.39 is 0 Å². The van der Waals surface area contributed by atoms with Crippen LogP contribution in [0.2, 0.25) is 0 Å². The van der Waals surface area contributed by atoms with Crippen LogP contribution in [0, 0.1) is 0 Å². The molecule has 0 saturated heterocycles. The molecule has 0 N–H and O–H groups in total. The molecule has 0 aromatic carbocycles. The fourth-order valence-electron chi connectivity index (χ4n) is 3.35. The van der Waals surface area contributed by atoms with Gasteiger partial charge in [-0.3, -0.25) is 14.3 Å². The molecule has 1 aliphatic heterocycles. The average molecular weight is 347 g/mol. The van der Waals surface area contributed by atoms with E-state index in [-0.39, 0.29) is 5.92 Å². The summed E-state index contributed by atoms with van der Waals surface area (Å²) in [5, 5.41) is 13.3. The molecular formula is C17H17N9. The van der Waals surface area contributed by atoms with E-state index in [2.05, 4.69) is 20.2 Å². The molecule has 4 aromatic heterocycles. The highest BCUT2D eigenvalue weighted by Gasteiger charge is 2.28. The minimum absolute atomic E-state index is 0.219. The maximum atomic E-state index is 4.84. The Bertz CT molecular complexity index is 1040. The molecule has 26 heavy (non-hydrogen) atoms. The van der Waals surface area contributed by atoms with Gasteiger partial charge in [-0.2, -0.15) is 10.2 Å². The molecule has 5 heterocycles. The first-order valence-electron chi connectivity index (χ1n) is 8.52. The van der Waals surface area contributed by atoms with Crippen LogP contribution in [0.15, 0.2) is 43.1 Å². The second-order valence-corrected chi connectivity index (χ2v) is 6.38. The zero-order valence-electron chi connectivity index (χ0n) is 14.3. The molecule has 1 aliphatic rings. The highest BCUT2D eigenvalue weighted by Crippen LogP contribution is 2.30. The lowest BCUT2D eigenvalue weighted by atomic mass is 9.97. The molecule has 1 unspecified atom stereocenters. The third kappa shape index (κ3) is 2.48. The van der Waals surface area contributed by atoms with E-state index in [9.17, 15) is 0 Å². The first-order valence-corrected chi connectivity index (χ1v) is 8.52. The van der Waals surface area contributed by atoms with Gasteiger partial charge in [0, 0.05) is 32.1 Å². The number of nitrogens with zero attached hydrogens (tertiary/aromatic N) is 9. The number of aryl methyl sites for hydroxylation is 2. The molecule has 130 valence electrons. The van der Waals surface area contributed by atoms with E-state index in [1.807, 2.05) is 40.8 Å². The molecule has 9 nitrogen and oxygen atoms in total. The highest BCUT2D eigenvalue weighted by molar-refractivity contribution is 5.49. The van der Waals surface area contributed by atoms with Gasteiger partial charge in [-0.1, -0.05) is 6.07 Å². The largest absolute Gasteiger partial charge is 0.274 e. The quantitative estimate of drug-likeness (QED) is 0.556. The molecule has 0 amide bonds. The molecule has 0 radical (unpaired) electrons. The first-order chi connectivity index (χ1) is 12.8. The van der Waals surface area contributed by atoms with E-state index in [0.717, 1.165) is 42.4 Å². The molecule has 0 aliphatic carbocycles. The van der Waals surface area contributed by atoms with E-state index in [1.165, 1.54) is 0 Å². The summed E-state index contributed by atoms with van der Waals surface area (Å²) in [6.45, 7) is 0.832. The van der Waals surface area contributed by atoms with Gasteiger partial charge < -0.3 is 0 Å². The lowest BCUT2D eigenvalue weighted by Crippen LogP contribution is -2.21. The van der Waals surface area contributed by atoms with Crippen molar-refractivity contribution in [3.05, 3.63) is 54.8 Å².